The predicted octanol–water partition coefficient (Wildman–Crippen LogP) is 1.20. The standard InChI is InChI=1S/C14H19N5O2/c1-11(2)6-7-15-14(20)9-21-13-5-3-4-12(8-13)19-10-16-17-18-19/h3-5,8,10-11H,6-7,9H2,1-2H3,(H,15,20). The molecule has 0 atom stereocenters. The molecule has 2 rings (SSSR count). The van der Waals surface area contributed by atoms with E-state index in [9.17, 15) is 4.79 Å². The van der Waals surface area contributed by atoms with Crippen molar-refractivity contribution >= 4 is 5.91 Å². The van der Waals surface area contributed by atoms with Gasteiger partial charge in [0.2, 0.25) is 0 Å². The number of hydrogen-bond acceptors (Lipinski definition) is 5. The van der Waals surface area contributed by atoms with Crippen molar-refractivity contribution in [3.8, 4) is 11.4 Å². The Balaban J connectivity index is 1.83. The highest BCUT2D eigenvalue weighted by Crippen LogP contribution is 2.15. The van der Waals surface area contributed by atoms with E-state index in [0.29, 0.717) is 18.2 Å². The number of aromatic nitrogens is 4. The number of nitrogens with zero attached hydrogens (tertiary/aromatic N) is 4. The molecular weight excluding hydrogens is 270 g/mol. The third-order valence-electron chi connectivity index (χ3n) is 2.84. The smallest absolute Gasteiger partial charge is 0.257 e. The Labute approximate surface area is 123 Å². The van der Waals surface area contributed by atoms with Crippen LogP contribution in [0.3, 0.4) is 0 Å². The molecule has 7 heteroatoms. The monoisotopic (exact) mass is 289 g/mol. The van der Waals surface area contributed by atoms with Gasteiger partial charge in [-0.3, -0.25) is 4.79 Å². The summed E-state index contributed by atoms with van der Waals surface area (Å²) < 4.78 is 6.99. The van der Waals surface area contributed by atoms with Gasteiger partial charge in [-0.25, -0.2) is 4.68 Å². The van der Waals surface area contributed by atoms with Gasteiger partial charge in [-0.15, -0.1) is 5.10 Å². The highest BCUT2D eigenvalue weighted by molar-refractivity contribution is 5.77. The van der Waals surface area contributed by atoms with Gasteiger partial charge in [0.25, 0.3) is 5.91 Å². The molecule has 0 saturated carbocycles. The minimum atomic E-state index is -0.122. The maximum atomic E-state index is 11.6. The van der Waals surface area contributed by atoms with Gasteiger partial charge in [-0.2, -0.15) is 0 Å². The van der Waals surface area contributed by atoms with Crippen molar-refractivity contribution in [2.24, 2.45) is 5.92 Å². The fourth-order valence-electron chi connectivity index (χ4n) is 1.70. The fraction of sp³-hybridized carbons (Fsp3) is 0.429. The van der Waals surface area contributed by atoms with Gasteiger partial charge < -0.3 is 10.1 Å². The maximum absolute atomic E-state index is 11.6. The van der Waals surface area contributed by atoms with E-state index in [4.69, 9.17) is 4.74 Å². The molecule has 1 aromatic carbocycles. The lowest BCUT2D eigenvalue weighted by molar-refractivity contribution is -0.123. The highest BCUT2D eigenvalue weighted by atomic mass is 16.5. The number of rotatable bonds is 7. The first-order chi connectivity index (χ1) is 10.1. The molecule has 0 spiro atoms. The highest BCUT2D eigenvalue weighted by Gasteiger charge is 2.05. The van der Waals surface area contributed by atoms with E-state index in [1.165, 1.54) is 11.0 Å². The average molecular weight is 289 g/mol. The molecule has 1 amide bonds. The number of ether oxygens (including phenoxy) is 1. The van der Waals surface area contributed by atoms with Gasteiger partial charge in [-0.05, 0) is 34.9 Å². The van der Waals surface area contributed by atoms with Crippen molar-refractivity contribution in [1.82, 2.24) is 25.5 Å². The summed E-state index contributed by atoms with van der Waals surface area (Å²) in [7, 11) is 0. The third-order valence-corrected chi connectivity index (χ3v) is 2.84. The van der Waals surface area contributed by atoms with Crippen LogP contribution < -0.4 is 10.1 Å². The van der Waals surface area contributed by atoms with Crippen LogP contribution in [0.15, 0.2) is 30.6 Å². The second-order valence-electron chi connectivity index (χ2n) is 5.07. The molecule has 1 aromatic heterocycles. The molecule has 0 fully saturated rings. The van der Waals surface area contributed by atoms with E-state index >= 15 is 0 Å². The van der Waals surface area contributed by atoms with Gasteiger partial charge in [0, 0.05) is 12.6 Å². The molecule has 0 aliphatic rings. The Morgan fingerprint density at radius 2 is 2.29 bits per heavy atom. The predicted molar refractivity (Wildman–Crippen MR) is 77.1 cm³/mol. The summed E-state index contributed by atoms with van der Waals surface area (Å²) in [4.78, 5) is 11.6. The van der Waals surface area contributed by atoms with Crippen LogP contribution in [0, 0.1) is 5.92 Å². The van der Waals surface area contributed by atoms with Crippen LogP contribution >= 0.6 is 0 Å². The average Bonchev–Trinajstić information content (AvgIpc) is 2.99. The number of carbonyl (C=O) groups is 1. The molecule has 0 bridgehead atoms. The fourth-order valence-corrected chi connectivity index (χ4v) is 1.70. The van der Waals surface area contributed by atoms with E-state index < -0.39 is 0 Å². The van der Waals surface area contributed by atoms with Gasteiger partial charge in [0.1, 0.15) is 12.1 Å². The summed E-state index contributed by atoms with van der Waals surface area (Å²) in [5, 5.41) is 13.8. The van der Waals surface area contributed by atoms with Gasteiger partial charge in [-0.1, -0.05) is 19.9 Å². The molecule has 0 aliphatic heterocycles. The SMILES string of the molecule is CC(C)CCNC(=O)COc1cccc(-n2cnnn2)c1. The van der Waals surface area contributed by atoms with Crippen molar-refractivity contribution in [3.05, 3.63) is 30.6 Å². The first-order valence-electron chi connectivity index (χ1n) is 6.88. The Morgan fingerprint density at radius 1 is 1.43 bits per heavy atom. The molecule has 2 aromatic rings. The van der Waals surface area contributed by atoms with Crippen LogP contribution in [0.2, 0.25) is 0 Å². The largest absolute Gasteiger partial charge is 0.484 e. The molecule has 1 N–H and O–H groups in total. The summed E-state index contributed by atoms with van der Waals surface area (Å²) in [5.41, 5.74) is 0.776. The summed E-state index contributed by atoms with van der Waals surface area (Å²) >= 11 is 0. The molecule has 112 valence electrons. The second-order valence-corrected chi connectivity index (χ2v) is 5.07. The minimum absolute atomic E-state index is 0.00282. The van der Waals surface area contributed by atoms with Crippen LogP contribution in [0.1, 0.15) is 20.3 Å². The van der Waals surface area contributed by atoms with Gasteiger partial charge >= 0.3 is 0 Å². The number of tetrazole rings is 1. The second kappa shape index (κ2) is 7.37. The van der Waals surface area contributed by atoms with Crippen LogP contribution in [-0.4, -0.2) is 39.3 Å². The Morgan fingerprint density at radius 3 is 3.00 bits per heavy atom. The number of amides is 1. The topological polar surface area (TPSA) is 81.9 Å². The maximum Gasteiger partial charge on any atom is 0.257 e. The molecule has 21 heavy (non-hydrogen) atoms. The van der Waals surface area contributed by atoms with E-state index in [2.05, 4.69) is 34.7 Å². The third kappa shape index (κ3) is 4.87. The van der Waals surface area contributed by atoms with E-state index in [0.717, 1.165) is 12.1 Å². The summed E-state index contributed by atoms with van der Waals surface area (Å²) in [6.07, 6.45) is 2.46. The lowest BCUT2D eigenvalue weighted by Crippen LogP contribution is -2.30. The molecule has 0 unspecified atom stereocenters. The molecule has 7 nitrogen and oxygen atoms in total. The van der Waals surface area contributed by atoms with Crippen LogP contribution in [0.4, 0.5) is 0 Å². The quantitative estimate of drug-likeness (QED) is 0.828. The first kappa shape index (κ1) is 15.0. The first-order valence-corrected chi connectivity index (χ1v) is 6.88. The lowest BCUT2D eigenvalue weighted by atomic mass is 10.1. The van der Waals surface area contributed by atoms with Crippen LogP contribution in [0.5, 0.6) is 5.75 Å². The zero-order valence-corrected chi connectivity index (χ0v) is 12.2. The minimum Gasteiger partial charge on any atom is -0.484 e. The number of carbonyl (C=O) groups excluding carboxylic acids is 1. The molecule has 0 aliphatic carbocycles. The lowest BCUT2D eigenvalue weighted by Gasteiger charge is -2.09. The number of nitrogens with one attached hydrogen (secondary N) is 1. The van der Waals surface area contributed by atoms with E-state index in [1.54, 1.807) is 12.1 Å². The Kier molecular flexibility index (Phi) is 5.25. The van der Waals surface area contributed by atoms with Crippen molar-refractivity contribution in [2.45, 2.75) is 20.3 Å². The van der Waals surface area contributed by atoms with E-state index in [-0.39, 0.29) is 12.5 Å². The van der Waals surface area contributed by atoms with E-state index in [1.807, 2.05) is 12.1 Å². The van der Waals surface area contributed by atoms with Gasteiger partial charge in [0.05, 0.1) is 5.69 Å². The van der Waals surface area contributed by atoms with Crippen molar-refractivity contribution in [2.75, 3.05) is 13.2 Å². The summed E-state index contributed by atoms with van der Waals surface area (Å²) in [6.45, 7) is 4.90. The zero-order chi connectivity index (χ0) is 15.1. The van der Waals surface area contributed by atoms with Crippen molar-refractivity contribution < 1.29 is 9.53 Å². The summed E-state index contributed by atoms with van der Waals surface area (Å²) in [5.74, 6) is 1.05. The van der Waals surface area contributed by atoms with Crippen LogP contribution in [-0.2, 0) is 4.79 Å². The van der Waals surface area contributed by atoms with Crippen molar-refractivity contribution in [1.29, 1.82) is 0 Å². The molecular formula is C14H19N5O2. The number of hydrogen-bond donors (Lipinski definition) is 1. The Hall–Kier alpha value is -2.44. The molecule has 1 heterocycles. The Bertz CT molecular complexity index is 569. The van der Waals surface area contributed by atoms with Crippen molar-refractivity contribution in [3.63, 3.8) is 0 Å². The summed E-state index contributed by atoms with van der Waals surface area (Å²) in [6, 6.07) is 7.24. The molecule has 0 saturated heterocycles. The normalized spacial score (nSPS) is 10.6. The number of benzene rings is 1. The van der Waals surface area contributed by atoms with Gasteiger partial charge in [0.15, 0.2) is 6.61 Å². The zero-order valence-electron chi connectivity index (χ0n) is 12.2. The van der Waals surface area contributed by atoms with Crippen LogP contribution in [0.25, 0.3) is 5.69 Å². The molecule has 0 radical (unpaired) electrons.